The monoisotopic (exact) mass is 303 g/mol. The topological polar surface area (TPSA) is 114 Å². The van der Waals surface area contributed by atoms with Gasteiger partial charge in [0.1, 0.15) is 11.3 Å². The van der Waals surface area contributed by atoms with Gasteiger partial charge in [-0.3, -0.25) is 0 Å². The number of rotatable bonds is 4. The summed E-state index contributed by atoms with van der Waals surface area (Å²) in [4.78, 5) is 25.6. The van der Waals surface area contributed by atoms with Crippen LogP contribution >= 0.6 is 0 Å². The van der Waals surface area contributed by atoms with Gasteiger partial charge in [-0.1, -0.05) is 6.07 Å². The van der Waals surface area contributed by atoms with Crippen molar-refractivity contribution in [2.24, 2.45) is 0 Å². The third kappa shape index (κ3) is 3.60. The van der Waals surface area contributed by atoms with Crippen LogP contribution in [-0.2, 0) is 11.3 Å². The number of phenolic OH excluding ortho intramolecular Hbond substituents is 1. The molecule has 2 rings (SSSR count). The highest BCUT2D eigenvalue weighted by Crippen LogP contribution is 2.19. The second kappa shape index (κ2) is 6.25. The van der Waals surface area contributed by atoms with Crippen LogP contribution in [0, 0.1) is 6.92 Å². The molecule has 22 heavy (non-hydrogen) atoms. The van der Waals surface area contributed by atoms with E-state index in [1.807, 2.05) is 6.92 Å². The Morgan fingerprint density at radius 2 is 2.05 bits per heavy atom. The first-order valence-corrected chi connectivity index (χ1v) is 6.51. The van der Waals surface area contributed by atoms with Crippen molar-refractivity contribution in [1.29, 1.82) is 0 Å². The molecule has 0 saturated carbocycles. The zero-order chi connectivity index (χ0) is 16.3. The van der Waals surface area contributed by atoms with Crippen molar-refractivity contribution in [3.63, 3.8) is 0 Å². The summed E-state index contributed by atoms with van der Waals surface area (Å²) in [5.41, 5.74) is 6.51. The van der Waals surface area contributed by atoms with Crippen LogP contribution < -0.4 is 10.6 Å². The van der Waals surface area contributed by atoms with E-state index >= 15 is 0 Å². The maximum absolute atomic E-state index is 12.0. The number of nitrogen functional groups attached to an aromatic ring is 1. The van der Waals surface area contributed by atoms with Crippen LogP contribution in [0.1, 0.15) is 21.7 Å². The van der Waals surface area contributed by atoms with Gasteiger partial charge in [0.05, 0.1) is 0 Å². The lowest BCUT2D eigenvalue weighted by Crippen LogP contribution is -2.17. The molecule has 116 valence electrons. The standard InChI is InChI=1S/C14H17N5O3/c1-8-4-5-9(10(20)6-8)12(21)22-7-11-16-13(15)18-14(17-11)19(2)3/h4-6,20H,7H2,1-3H3,(H2,15,16,17,18). The number of ether oxygens (including phenoxy) is 1. The minimum atomic E-state index is -0.664. The summed E-state index contributed by atoms with van der Waals surface area (Å²) in [7, 11) is 3.52. The van der Waals surface area contributed by atoms with Gasteiger partial charge >= 0.3 is 5.97 Å². The molecule has 1 aromatic heterocycles. The summed E-state index contributed by atoms with van der Waals surface area (Å²) in [6.45, 7) is 1.64. The Morgan fingerprint density at radius 3 is 2.68 bits per heavy atom. The average molecular weight is 303 g/mol. The summed E-state index contributed by atoms with van der Waals surface area (Å²) in [6, 6.07) is 4.70. The molecule has 0 atom stereocenters. The fourth-order valence-corrected chi connectivity index (χ4v) is 1.71. The number of benzene rings is 1. The summed E-state index contributed by atoms with van der Waals surface area (Å²) in [5.74, 6) is -0.146. The van der Waals surface area contributed by atoms with Crippen LogP contribution in [0.2, 0.25) is 0 Å². The molecule has 2 aromatic rings. The lowest BCUT2D eigenvalue weighted by atomic mass is 10.1. The summed E-state index contributed by atoms with van der Waals surface area (Å²) in [5, 5.41) is 9.75. The van der Waals surface area contributed by atoms with Crippen molar-refractivity contribution in [2.75, 3.05) is 24.7 Å². The van der Waals surface area contributed by atoms with Crippen molar-refractivity contribution in [3.05, 3.63) is 35.2 Å². The van der Waals surface area contributed by atoms with Gasteiger partial charge < -0.3 is 20.5 Å². The Bertz CT molecular complexity index is 703. The molecule has 0 unspecified atom stereocenters. The number of nitrogens with two attached hydrogens (primary N) is 1. The highest BCUT2D eigenvalue weighted by molar-refractivity contribution is 5.92. The maximum Gasteiger partial charge on any atom is 0.342 e. The molecule has 0 amide bonds. The molecular formula is C14H17N5O3. The molecule has 0 aliphatic rings. The van der Waals surface area contributed by atoms with Gasteiger partial charge in [-0.05, 0) is 24.6 Å². The second-order valence-corrected chi connectivity index (χ2v) is 4.90. The summed E-state index contributed by atoms with van der Waals surface area (Å²) in [6.07, 6.45) is 0. The number of aromatic hydroxyl groups is 1. The fourth-order valence-electron chi connectivity index (χ4n) is 1.71. The largest absolute Gasteiger partial charge is 0.507 e. The van der Waals surface area contributed by atoms with E-state index < -0.39 is 5.97 Å². The molecule has 8 nitrogen and oxygen atoms in total. The highest BCUT2D eigenvalue weighted by atomic mass is 16.5. The molecule has 3 N–H and O–H groups in total. The molecular weight excluding hydrogens is 286 g/mol. The maximum atomic E-state index is 12.0. The van der Waals surface area contributed by atoms with Crippen molar-refractivity contribution in [1.82, 2.24) is 15.0 Å². The van der Waals surface area contributed by atoms with E-state index in [1.165, 1.54) is 12.1 Å². The molecule has 0 saturated heterocycles. The van der Waals surface area contributed by atoms with Gasteiger partial charge in [0.15, 0.2) is 12.4 Å². The number of nitrogens with zero attached hydrogens (tertiary/aromatic N) is 4. The van der Waals surface area contributed by atoms with Crippen LogP contribution in [-0.4, -0.2) is 40.1 Å². The van der Waals surface area contributed by atoms with Crippen LogP contribution in [0.5, 0.6) is 5.75 Å². The van der Waals surface area contributed by atoms with E-state index in [-0.39, 0.29) is 29.7 Å². The Kier molecular flexibility index (Phi) is 4.40. The Morgan fingerprint density at radius 1 is 1.32 bits per heavy atom. The predicted molar refractivity (Wildman–Crippen MR) is 80.5 cm³/mol. The Balaban J connectivity index is 2.11. The van der Waals surface area contributed by atoms with E-state index in [4.69, 9.17) is 10.5 Å². The molecule has 0 aliphatic carbocycles. The number of hydrogen-bond donors (Lipinski definition) is 2. The van der Waals surface area contributed by atoms with E-state index in [2.05, 4.69) is 15.0 Å². The number of carbonyl (C=O) groups excluding carboxylic acids is 1. The molecule has 0 radical (unpaired) electrons. The van der Waals surface area contributed by atoms with Crippen molar-refractivity contribution < 1.29 is 14.6 Å². The molecule has 1 aromatic carbocycles. The highest BCUT2D eigenvalue weighted by Gasteiger charge is 2.14. The third-order valence-corrected chi connectivity index (χ3v) is 2.79. The van der Waals surface area contributed by atoms with Crippen LogP contribution in [0.3, 0.4) is 0 Å². The van der Waals surface area contributed by atoms with E-state index in [0.29, 0.717) is 5.95 Å². The number of hydrogen-bond acceptors (Lipinski definition) is 8. The van der Waals surface area contributed by atoms with Crippen LogP contribution in [0.15, 0.2) is 18.2 Å². The van der Waals surface area contributed by atoms with Gasteiger partial charge in [0, 0.05) is 14.1 Å². The molecule has 1 heterocycles. The average Bonchev–Trinajstić information content (AvgIpc) is 2.44. The first-order chi connectivity index (χ1) is 10.4. The summed E-state index contributed by atoms with van der Waals surface area (Å²) < 4.78 is 5.10. The van der Waals surface area contributed by atoms with Gasteiger partial charge in [0.2, 0.25) is 11.9 Å². The molecule has 0 fully saturated rings. The number of aryl methyl sites for hydroxylation is 1. The molecule has 8 heteroatoms. The van der Waals surface area contributed by atoms with Crippen LogP contribution in [0.25, 0.3) is 0 Å². The lowest BCUT2D eigenvalue weighted by Gasteiger charge is -2.11. The smallest absolute Gasteiger partial charge is 0.342 e. The predicted octanol–water partition coefficient (Wildman–Crippen LogP) is 0.891. The van der Waals surface area contributed by atoms with Gasteiger partial charge in [-0.15, -0.1) is 0 Å². The van der Waals surface area contributed by atoms with E-state index in [9.17, 15) is 9.90 Å². The minimum Gasteiger partial charge on any atom is -0.507 e. The molecule has 0 bridgehead atoms. The quantitative estimate of drug-likeness (QED) is 0.800. The number of phenols is 1. The van der Waals surface area contributed by atoms with Crippen molar-refractivity contribution in [3.8, 4) is 5.75 Å². The van der Waals surface area contributed by atoms with Crippen molar-refractivity contribution >= 4 is 17.9 Å². The number of anilines is 2. The Hall–Kier alpha value is -2.90. The Labute approximate surface area is 127 Å². The first kappa shape index (κ1) is 15.5. The zero-order valence-electron chi connectivity index (χ0n) is 12.6. The van der Waals surface area contributed by atoms with E-state index in [0.717, 1.165) is 5.56 Å². The number of carbonyl (C=O) groups is 1. The van der Waals surface area contributed by atoms with Crippen molar-refractivity contribution in [2.45, 2.75) is 13.5 Å². The fraction of sp³-hybridized carbons (Fsp3) is 0.286. The van der Waals surface area contributed by atoms with Crippen LogP contribution in [0.4, 0.5) is 11.9 Å². The normalized spacial score (nSPS) is 10.3. The number of aromatic nitrogens is 3. The van der Waals surface area contributed by atoms with Gasteiger partial charge in [-0.2, -0.15) is 15.0 Å². The second-order valence-electron chi connectivity index (χ2n) is 4.90. The first-order valence-electron chi connectivity index (χ1n) is 6.51. The summed E-state index contributed by atoms with van der Waals surface area (Å²) >= 11 is 0. The SMILES string of the molecule is Cc1ccc(C(=O)OCc2nc(N)nc(N(C)C)n2)c(O)c1. The molecule has 0 spiro atoms. The number of esters is 1. The van der Waals surface area contributed by atoms with Gasteiger partial charge in [-0.25, -0.2) is 4.79 Å². The zero-order valence-corrected chi connectivity index (χ0v) is 12.6. The third-order valence-electron chi connectivity index (χ3n) is 2.79. The van der Waals surface area contributed by atoms with E-state index in [1.54, 1.807) is 25.1 Å². The van der Waals surface area contributed by atoms with Gasteiger partial charge in [0.25, 0.3) is 0 Å². The minimum absolute atomic E-state index is 0.0444. The lowest BCUT2D eigenvalue weighted by molar-refractivity contribution is 0.0459. The molecule has 0 aliphatic heterocycles.